The molecule has 1 amide bonds. The molecular weight excluding hydrogens is 192 g/mol. The number of rotatable bonds is 3. The summed E-state index contributed by atoms with van der Waals surface area (Å²) in [5, 5.41) is 9.18. The lowest BCUT2D eigenvalue weighted by Crippen LogP contribution is -2.49. The van der Waals surface area contributed by atoms with Gasteiger partial charge in [-0.2, -0.15) is 0 Å². The molecule has 0 spiro atoms. The first-order valence-electron chi connectivity index (χ1n) is 5.63. The first-order valence-corrected chi connectivity index (χ1v) is 5.63. The molecule has 1 fully saturated rings. The minimum atomic E-state index is -0.464. The molecule has 88 valence electrons. The maximum absolute atomic E-state index is 11.9. The first-order chi connectivity index (χ1) is 6.94. The van der Waals surface area contributed by atoms with E-state index >= 15 is 0 Å². The molecule has 0 aromatic carbocycles. The number of aliphatic hydroxyl groups excluding tert-OH is 1. The van der Waals surface area contributed by atoms with Gasteiger partial charge in [0, 0.05) is 18.5 Å². The van der Waals surface area contributed by atoms with E-state index in [9.17, 15) is 9.90 Å². The number of nitrogens with two attached hydrogens (primary N) is 1. The maximum Gasteiger partial charge on any atom is 0.224 e. The zero-order valence-corrected chi connectivity index (χ0v) is 9.70. The zero-order valence-electron chi connectivity index (χ0n) is 9.70. The number of hydrogen-bond donors (Lipinski definition) is 2. The summed E-state index contributed by atoms with van der Waals surface area (Å²) in [6.07, 6.45) is 3.39. The van der Waals surface area contributed by atoms with Gasteiger partial charge in [0.05, 0.1) is 12.6 Å². The van der Waals surface area contributed by atoms with Crippen LogP contribution in [0.1, 0.15) is 39.5 Å². The molecule has 4 heteroatoms. The summed E-state index contributed by atoms with van der Waals surface area (Å²) >= 11 is 0. The van der Waals surface area contributed by atoms with E-state index in [0.717, 1.165) is 25.8 Å². The second-order valence-corrected chi connectivity index (χ2v) is 5.08. The number of nitrogens with zero attached hydrogens (tertiary/aromatic N) is 1. The first kappa shape index (κ1) is 12.5. The largest absolute Gasteiger partial charge is 0.394 e. The van der Waals surface area contributed by atoms with Gasteiger partial charge in [-0.1, -0.05) is 0 Å². The summed E-state index contributed by atoms with van der Waals surface area (Å²) in [4.78, 5) is 13.7. The van der Waals surface area contributed by atoms with Crippen LogP contribution in [-0.4, -0.2) is 40.6 Å². The molecule has 1 atom stereocenters. The number of amides is 1. The van der Waals surface area contributed by atoms with Crippen molar-refractivity contribution >= 4 is 5.91 Å². The highest BCUT2D eigenvalue weighted by atomic mass is 16.3. The molecule has 1 rings (SSSR count). The number of carbonyl (C=O) groups is 1. The van der Waals surface area contributed by atoms with E-state index in [2.05, 4.69) is 0 Å². The Morgan fingerprint density at radius 3 is 2.73 bits per heavy atom. The van der Waals surface area contributed by atoms with Crippen LogP contribution < -0.4 is 5.73 Å². The van der Waals surface area contributed by atoms with Gasteiger partial charge in [0.25, 0.3) is 0 Å². The second kappa shape index (κ2) is 4.94. The van der Waals surface area contributed by atoms with Gasteiger partial charge in [-0.3, -0.25) is 4.79 Å². The van der Waals surface area contributed by atoms with Crippen molar-refractivity contribution in [1.29, 1.82) is 0 Å². The number of carbonyl (C=O) groups excluding carboxylic acids is 1. The lowest BCUT2D eigenvalue weighted by molar-refractivity contribution is -0.136. The molecule has 1 unspecified atom stereocenters. The third kappa shape index (κ3) is 3.80. The predicted octanol–water partition coefficient (Wildman–Crippen LogP) is 0.487. The Morgan fingerprint density at radius 1 is 1.53 bits per heavy atom. The van der Waals surface area contributed by atoms with Gasteiger partial charge in [-0.05, 0) is 33.1 Å². The van der Waals surface area contributed by atoms with Crippen LogP contribution in [0.2, 0.25) is 0 Å². The lowest BCUT2D eigenvalue weighted by atomic mass is 9.98. The quantitative estimate of drug-likeness (QED) is 0.718. The Balaban J connectivity index is 2.56. The number of aliphatic hydroxyl groups is 1. The average Bonchev–Trinajstić information content (AvgIpc) is 2.15. The third-order valence-electron chi connectivity index (χ3n) is 2.77. The Morgan fingerprint density at radius 2 is 2.20 bits per heavy atom. The minimum Gasteiger partial charge on any atom is -0.394 e. The fourth-order valence-electron chi connectivity index (χ4n) is 2.01. The van der Waals surface area contributed by atoms with Crippen LogP contribution >= 0.6 is 0 Å². The topological polar surface area (TPSA) is 66.6 Å². The van der Waals surface area contributed by atoms with Crippen LogP contribution in [0, 0.1) is 0 Å². The summed E-state index contributed by atoms with van der Waals surface area (Å²) < 4.78 is 0. The molecule has 0 radical (unpaired) electrons. The van der Waals surface area contributed by atoms with Gasteiger partial charge in [0.1, 0.15) is 0 Å². The number of hydrogen-bond acceptors (Lipinski definition) is 3. The van der Waals surface area contributed by atoms with Crippen molar-refractivity contribution in [3.05, 3.63) is 0 Å². The Bertz CT molecular complexity index is 223. The molecule has 1 aliphatic heterocycles. The molecule has 0 aromatic rings. The predicted molar refractivity (Wildman–Crippen MR) is 59.3 cm³/mol. The minimum absolute atomic E-state index is 0.00796. The summed E-state index contributed by atoms with van der Waals surface area (Å²) in [6.45, 7) is 4.53. The fraction of sp³-hybridized carbons (Fsp3) is 0.909. The van der Waals surface area contributed by atoms with Gasteiger partial charge >= 0.3 is 0 Å². The molecular formula is C11H22N2O2. The van der Waals surface area contributed by atoms with E-state index in [-0.39, 0.29) is 18.6 Å². The summed E-state index contributed by atoms with van der Waals surface area (Å²) in [5.74, 6) is 0.0706. The lowest BCUT2D eigenvalue weighted by Gasteiger charge is -2.36. The van der Waals surface area contributed by atoms with Gasteiger partial charge < -0.3 is 15.7 Å². The molecule has 1 saturated heterocycles. The molecule has 15 heavy (non-hydrogen) atoms. The molecule has 0 aromatic heterocycles. The van der Waals surface area contributed by atoms with Crippen LogP contribution in [0.3, 0.4) is 0 Å². The maximum atomic E-state index is 11.9. The van der Waals surface area contributed by atoms with E-state index in [1.165, 1.54) is 0 Å². The smallest absolute Gasteiger partial charge is 0.224 e. The van der Waals surface area contributed by atoms with Crippen LogP contribution in [0.4, 0.5) is 0 Å². The third-order valence-corrected chi connectivity index (χ3v) is 2.77. The van der Waals surface area contributed by atoms with E-state index in [1.807, 2.05) is 13.8 Å². The highest BCUT2D eigenvalue weighted by Gasteiger charge is 2.28. The average molecular weight is 214 g/mol. The molecule has 1 heterocycles. The Hall–Kier alpha value is -0.610. The summed E-state index contributed by atoms with van der Waals surface area (Å²) in [5.41, 5.74) is 5.36. The summed E-state index contributed by atoms with van der Waals surface area (Å²) in [6, 6.07) is 0.00796. The van der Waals surface area contributed by atoms with Gasteiger partial charge in [-0.25, -0.2) is 0 Å². The number of likely N-dealkylation sites (tertiary alicyclic amines) is 1. The van der Waals surface area contributed by atoms with Crippen molar-refractivity contribution in [2.24, 2.45) is 5.73 Å². The highest BCUT2D eigenvalue weighted by Crippen LogP contribution is 2.19. The van der Waals surface area contributed by atoms with Crippen molar-refractivity contribution in [2.75, 3.05) is 13.2 Å². The van der Waals surface area contributed by atoms with Crippen molar-refractivity contribution in [1.82, 2.24) is 4.90 Å². The zero-order chi connectivity index (χ0) is 11.5. The second-order valence-electron chi connectivity index (χ2n) is 5.08. The van der Waals surface area contributed by atoms with E-state index < -0.39 is 5.54 Å². The molecule has 1 aliphatic rings. The monoisotopic (exact) mass is 214 g/mol. The van der Waals surface area contributed by atoms with Crippen molar-refractivity contribution < 1.29 is 9.90 Å². The highest BCUT2D eigenvalue weighted by molar-refractivity contribution is 5.77. The van der Waals surface area contributed by atoms with E-state index in [4.69, 9.17) is 5.73 Å². The van der Waals surface area contributed by atoms with Gasteiger partial charge in [-0.15, -0.1) is 0 Å². The Kier molecular flexibility index (Phi) is 4.11. The molecule has 0 saturated carbocycles. The Labute approximate surface area is 91.4 Å². The normalized spacial score (nSPS) is 22.9. The molecule has 0 aliphatic carbocycles. The SMILES string of the molecule is CC(C)(N)CC(=O)N1CCCCC1CO. The molecule has 4 nitrogen and oxygen atoms in total. The van der Waals surface area contributed by atoms with Crippen LogP contribution in [0.5, 0.6) is 0 Å². The fourth-order valence-corrected chi connectivity index (χ4v) is 2.01. The molecule has 3 N–H and O–H groups in total. The van der Waals surface area contributed by atoms with Crippen molar-refractivity contribution in [2.45, 2.75) is 51.1 Å². The van der Waals surface area contributed by atoms with E-state index in [0.29, 0.717) is 6.42 Å². The number of piperidine rings is 1. The van der Waals surface area contributed by atoms with Crippen molar-refractivity contribution in [3.63, 3.8) is 0 Å². The van der Waals surface area contributed by atoms with Gasteiger partial charge in [0.15, 0.2) is 0 Å². The summed E-state index contributed by atoms with van der Waals surface area (Å²) in [7, 11) is 0. The van der Waals surface area contributed by atoms with Crippen LogP contribution in [0.25, 0.3) is 0 Å². The van der Waals surface area contributed by atoms with E-state index in [1.54, 1.807) is 4.90 Å². The van der Waals surface area contributed by atoms with Gasteiger partial charge in [0.2, 0.25) is 5.91 Å². The van der Waals surface area contributed by atoms with Crippen LogP contribution in [-0.2, 0) is 4.79 Å². The van der Waals surface area contributed by atoms with Crippen LogP contribution in [0.15, 0.2) is 0 Å². The molecule has 0 bridgehead atoms. The van der Waals surface area contributed by atoms with Crippen molar-refractivity contribution in [3.8, 4) is 0 Å². The standard InChI is InChI=1S/C11H22N2O2/c1-11(2,12)7-10(15)13-6-4-3-5-9(13)8-14/h9,14H,3-8,12H2,1-2H3.